The van der Waals surface area contributed by atoms with Gasteiger partial charge >= 0.3 is 6.09 Å². The first kappa shape index (κ1) is 25.2. The van der Waals surface area contributed by atoms with Gasteiger partial charge in [0.25, 0.3) is 0 Å². The van der Waals surface area contributed by atoms with Crippen molar-refractivity contribution in [3.63, 3.8) is 0 Å². The molecule has 0 radical (unpaired) electrons. The largest absolute Gasteiger partial charge is 0.456 e. The van der Waals surface area contributed by atoms with E-state index in [0.29, 0.717) is 47.2 Å². The zero-order chi connectivity index (χ0) is 25.7. The molecule has 0 spiro atoms. The molecule has 0 aliphatic carbocycles. The summed E-state index contributed by atoms with van der Waals surface area (Å²) in [6.07, 6.45) is 5.90. The fraction of sp³-hybridized carbons (Fsp3) is 0.370. The van der Waals surface area contributed by atoms with Crippen molar-refractivity contribution < 1.29 is 18.7 Å². The highest BCUT2D eigenvalue weighted by atomic mass is 19.1. The van der Waals surface area contributed by atoms with E-state index in [1.807, 2.05) is 31.3 Å². The Morgan fingerprint density at radius 2 is 2.06 bits per heavy atom. The Morgan fingerprint density at radius 1 is 1.28 bits per heavy atom. The van der Waals surface area contributed by atoms with Crippen LogP contribution >= 0.6 is 0 Å². The molecule has 1 amide bonds. The van der Waals surface area contributed by atoms with E-state index in [2.05, 4.69) is 10.6 Å². The molecule has 8 nitrogen and oxygen atoms in total. The van der Waals surface area contributed by atoms with Gasteiger partial charge in [0.05, 0.1) is 18.4 Å². The van der Waals surface area contributed by atoms with Gasteiger partial charge in [-0.05, 0) is 70.0 Å². The SMILES string of the molecule is COC(=O)N1c2ccc(/C(C=N)=C/NC3CCNCC3)c(Oc3ccc(F)c(C#N)c3)c2CC[C@@H]1C. The number of carbonyl (C=O) groups excluding carboxylic acids is 1. The number of hydrogen-bond donors (Lipinski definition) is 3. The van der Waals surface area contributed by atoms with Gasteiger partial charge in [0, 0.05) is 47.3 Å². The van der Waals surface area contributed by atoms with Crippen LogP contribution in [0.1, 0.15) is 42.9 Å². The van der Waals surface area contributed by atoms with E-state index >= 15 is 0 Å². The third kappa shape index (κ3) is 5.19. The number of anilines is 1. The van der Waals surface area contributed by atoms with Crippen molar-refractivity contribution in [2.75, 3.05) is 25.1 Å². The molecule has 0 aromatic heterocycles. The van der Waals surface area contributed by atoms with Gasteiger partial charge in [0.1, 0.15) is 23.4 Å². The lowest BCUT2D eigenvalue weighted by Gasteiger charge is -2.35. The number of halogens is 1. The predicted molar refractivity (Wildman–Crippen MR) is 136 cm³/mol. The number of hydrogen-bond acceptors (Lipinski definition) is 7. The molecular weight excluding hydrogens is 461 g/mol. The number of nitriles is 1. The van der Waals surface area contributed by atoms with Crippen molar-refractivity contribution in [2.45, 2.75) is 44.7 Å². The molecule has 2 aromatic carbocycles. The molecule has 9 heteroatoms. The fourth-order valence-electron chi connectivity index (χ4n) is 4.69. The van der Waals surface area contributed by atoms with Gasteiger partial charge in [-0.25, -0.2) is 9.18 Å². The van der Waals surface area contributed by atoms with E-state index in [-0.39, 0.29) is 11.6 Å². The summed E-state index contributed by atoms with van der Waals surface area (Å²) in [5.74, 6) is 0.129. The van der Waals surface area contributed by atoms with Crippen LogP contribution in [0.15, 0.2) is 36.5 Å². The normalized spacial score (nSPS) is 18.1. The third-order valence-electron chi connectivity index (χ3n) is 6.68. The number of methoxy groups -OCH3 is 1. The quantitative estimate of drug-likeness (QED) is 0.504. The van der Waals surface area contributed by atoms with Crippen LogP contribution in [-0.2, 0) is 11.2 Å². The zero-order valence-corrected chi connectivity index (χ0v) is 20.4. The van der Waals surface area contributed by atoms with Crippen molar-refractivity contribution >= 4 is 23.6 Å². The molecule has 1 saturated heterocycles. The standard InChI is InChI=1S/C27H30FN5O3/c1-17-3-5-23-25(33(17)27(34)35-2)8-6-22(19(15-30)16-32-20-9-11-31-12-10-20)26(23)36-21-4-7-24(28)18(13-21)14-29/h4,6-8,13,15-17,20,30-32H,3,5,9-12H2,1-2H3/b19-16+,30-15?/t17-/m0/s1. The molecule has 2 aliphatic rings. The van der Waals surface area contributed by atoms with Gasteiger partial charge in [0.15, 0.2) is 0 Å². The highest BCUT2D eigenvalue weighted by Gasteiger charge is 2.32. The lowest BCUT2D eigenvalue weighted by Crippen LogP contribution is -2.42. The summed E-state index contributed by atoms with van der Waals surface area (Å²) in [6.45, 7) is 3.83. The van der Waals surface area contributed by atoms with E-state index in [1.165, 1.54) is 31.5 Å². The number of allylic oxidation sites excluding steroid dienone is 1. The van der Waals surface area contributed by atoms with Crippen molar-refractivity contribution in [3.05, 3.63) is 59.0 Å². The van der Waals surface area contributed by atoms with Crippen LogP contribution in [0.5, 0.6) is 11.5 Å². The molecule has 2 aromatic rings. The minimum absolute atomic E-state index is 0.0704. The average Bonchev–Trinajstić information content (AvgIpc) is 2.90. The first-order valence-corrected chi connectivity index (χ1v) is 12.0. The first-order chi connectivity index (χ1) is 17.5. The Bertz CT molecular complexity index is 1220. The van der Waals surface area contributed by atoms with Gasteiger partial charge in [-0.15, -0.1) is 0 Å². The maximum atomic E-state index is 14.0. The molecule has 0 saturated carbocycles. The monoisotopic (exact) mass is 491 g/mol. The Balaban J connectivity index is 1.81. The lowest BCUT2D eigenvalue weighted by molar-refractivity contribution is 0.175. The van der Waals surface area contributed by atoms with Gasteiger partial charge in [0.2, 0.25) is 0 Å². The van der Waals surface area contributed by atoms with E-state index in [0.717, 1.165) is 31.5 Å². The van der Waals surface area contributed by atoms with Crippen LogP contribution in [0.3, 0.4) is 0 Å². The summed E-state index contributed by atoms with van der Waals surface area (Å²) in [4.78, 5) is 14.2. The Morgan fingerprint density at radius 3 is 2.75 bits per heavy atom. The number of amides is 1. The lowest BCUT2D eigenvalue weighted by atomic mass is 9.92. The summed E-state index contributed by atoms with van der Waals surface area (Å²) >= 11 is 0. The molecule has 2 heterocycles. The van der Waals surface area contributed by atoms with E-state index < -0.39 is 11.9 Å². The highest BCUT2D eigenvalue weighted by Crippen LogP contribution is 2.43. The minimum atomic E-state index is -0.628. The van der Waals surface area contributed by atoms with Crippen LogP contribution in [0.2, 0.25) is 0 Å². The summed E-state index contributed by atoms with van der Waals surface area (Å²) < 4.78 is 25.3. The minimum Gasteiger partial charge on any atom is -0.456 e. The molecule has 3 N–H and O–H groups in total. The summed E-state index contributed by atoms with van der Waals surface area (Å²) in [5, 5.41) is 24.1. The molecule has 4 rings (SSSR count). The van der Waals surface area contributed by atoms with E-state index in [9.17, 15) is 14.4 Å². The number of benzene rings is 2. The van der Waals surface area contributed by atoms with Crippen LogP contribution in [0.4, 0.5) is 14.9 Å². The molecule has 0 bridgehead atoms. The predicted octanol–water partition coefficient (Wildman–Crippen LogP) is 4.73. The second-order valence-electron chi connectivity index (χ2n) is 8.96. The van der Waals surface area contributed by atoms with E-state index in [4.69, 9.17) is 14.9 Å². The van der Waals surface area contributed by atoms with Crippen LogP contribution in [-0.4, -0.2) is 44.6 Å². The Labute approximate surface area is 210 Å². The summed E-state index contributed by atoms with van der Waals surface area (Å²) in [6, 6.07) is 9.73. The highest BCUT2D eigenvalue weighted by molar-refractivity contribution is 6.10. The van der Waals surface area contributed by atoms with Crippen molar-refractivity contribution in [1.29, 1.82) is 10.7 Å². The number of ether oxygens (including phenoxy) is 2. The summed E-state index contributed by atoms with van der Waals surface area (Å²) in [5.41, 5.74) is 2.59. The Kier molecular flexibility index (Phi) is 7.86. The van der Waals surface area contributed by atoms with Crippen LogP contribution in [0, 0.1) is 22.6 Å². The van der Waals surface area contributed by atoms with Crippen LogP contribution in [0.25, 0.3) is 5.57 Å². The molecule has 36 heavy (non-hydrogen) atoms. The molecule has 1 fully saturated rings. The van der Waals surface area contributed by atoms with Gasteiger partial charge < -0.3 is 25.5 Å². The second-order valence-corrected chi connectivity index (χ2v) is 8.96. The van der Waals surface area contributed by atoms with Crippen LogP contribution < -0.4 is 20.3 Å². The smallest absolute Gasteiger partial charge is 0.414 e. The molecule has 2 aliphatic heterocycles. The zero-order valence-electron chi connectivity index (χ0n) is 20.4. The molecular formula is C27H30FN5O3. The fourth-order valence-corrected chi connectivity index (χ4v) is 4.69. The number of nitrogens with zero attached hydrogens (tertiary/aromatic N) is 2. The molecule has 1 atom stereocenters. The third-order valence-corrected chi connectivity index (χ3v) is 6.68. The Hall–Kier alpha value is -3.90. The van der Waals surface area contributed by atoms with Crippen molar-refractivity contribution in [1.82, 2.24) is 10.6 Å². The maximum Gasteiger partial charge on any atom is 0.414 e. The average molecular weight is 492 g/mol. The van der Waals surface area contributed by atoms with Crippen molar-refractivity contribution in [3.8, 4) is 17.6 Å². The van der Waals surface area contributed by atoms with Gasteiger partial charge in [-0.2, -0.15) is 5.26 Å². The first-order valence-electron chi connectivity index (χ1n) is 12.0. The summed E-state index contributed by atoms with van der Waals surface area (Å²) in [7, 11) is 1.35. The number of fused-ring (bicyclic) bond motifs is 1. The maximum absolute atomic E-state index is 14.0. The topological polar surface area (TPSA) is 110 Å². The molecule has 0 unspecified atom stereocenters. The molecule has 188 valence electrons. The van der Waals surface area contributed by atoms with Crippen molar-refractivity contribution in [2.24, 2.45) is 0 Å². The number of piperidine rings is 1. The van der Waals surface area contributed by atoms with E-state index in [1.54, 1.807) is 4.90 Å². The number of nitrogens with one attached hydrogen (secondary N) is 3. The number of carbonyl (C=O) groups is 1. The van der Waals surface area contributed by atoms with Gasteiger partial charge in [-0.1, -0.05) is 0 Å². The van der Waals surface area contributed by atoms with Gasteiger partial charge in [-0.3, -0.25) is 4.90 Å². The second kappa shape index (κ2) is 11.2. The number of rotatable bonds is 6.